The zero-order valence-corrected chi connectivity index (χ0v) is 19.5. The summed E-state index contributed by atoms with van der Waals surface area (Å²) >= 11 is 0. The maximum atomic E-state index is 13.1. The lowest BCUT2D eigenvalue weighted by Crippen LogP contribution is -2.43. The Hall–Kier alpha value is -2.71. The topological polar surface area (TPSA) is 95.6 Å². The molecule has 1 fully saturated rings. The number of carbonyl (C=O) groups is 2. The van der Waals surface area contributed by atoms with E-state index in [4.69, 9.17) is 0 Å². The summed E-state index contributed by atoms with van der Waals surface area (Å²) in [5, 5.41) is 5.56. The lowest BCUT2D eigenvalue weighted by molar-refractivity contribution is -0.116. The molecule has 0 spiro atoms. The van der Waals surface area contributed by atoms with E-state index in [0.717, 1.165) is 32.1 Å². The van der Waals surface area contributed by atoms with Crippen molar-refractivity contribution >= 4 is 33.2 Å². The van der Waals surface area contributed by atoms with E-state index >= 15 is 0 Å². The van der Waals surface area contributed by atoms with Crippen molar-refractivity contribution in [3.8, 4) is 0 Å². The number of rotatable bonds is 8. The molecule has 0 saturated carbocycles. The van der Waals surface area contributed by atoms with Gasteiger partial charge in [-0.25, -0.2) is 8.42 Å². The molecule has 3 rings (SSSR count). The fourth-order valence-corrected chi connectivity index (χ4v) is 5.67. The fraction of sp³-hybridized carbons (Fsp3) is 0.417. The van der Waals surface area contributed by atoms with Crippen LogP contribution in [0, 0.1) is 0 Å². The molecular weight excluding hydrogens is 426 g/mol. The van der Waals surface area contributed by atoms with Gasteiger partial charge >= 0.3 is 0 Å². The third-order valence-corrected chi connectivity index (χ3v) is 7.64. The molecule has 0 aliphatic carbocycles. The van der Waals surface area contributed by atoms with E-state index in [1.807, 2.05) is 13.8 Å². The van der Waals surface area contributed by atoms with Crippen LogP contribution in [-0.4, -0.2) is 37.1 Å². The van der Waals surface area contributed by atoms with Gasteiger partial charge < -0.3 is 10.6 Å². The maximum absolute atomic E-state index is 13.1. The molecule has 1 aliphatic heterocycles. The molecule has 0 bridgehead atoms. The van der Waals surface area contributed by atoms with Gasteiger partial charge in [0.1, 0.15) is 0 Å². The number of nitrogens with zero attached hydrogens (tertiary/aromatic N) is 1. The summed E-state index contributed by atoms with van der Waals surface area (Å²) in [5.74, 6) is -0.372. The second-order valence-corrected chi connectivity index (χ2v) is 9.92. The van der Waals surface area contributed by atoms with Crippen LogP contribution in [0.2, 0.25) is 0 Å². The molecule has 1 atom stereocenters. The predicted octanol–water partition coefficient (Wildman–Crippen LogP) is 4.63. The standard InChI is InChI=1S/C24H31N3O4S/c1-3-7-23(28)25-19-11-9-18(10-12-19)24(29)26-20-13-15-22(16-14-20)32(30,31)27-17-6-5-8-21(27)4-2/h9-16,21H,3-8,17H2,1-2H3,(H,25,28)(H,26,29). The minimum absolute atomic E-state index is 0.0443. The van der Waals surface area contributed by atoms with Crippen LogP contribution in [0.5, 0.6) is 0 Å². The number of amides is 2. The molecule has 1 heterocycles. The molecule has 0 radical (unpaired) electrons. The third-order valence-electron chi connectivity index (χ3n) is 5.67. The minimum Gasteiger partial charge on any atom is -0.326 e. The Morgan fingerprint density at radius 2 is 1.56 bits per heavy atom. The van der Waals surface area contributed by atoms with Gasteiger partial charge in [-0.15, -0.1) is 0 Å². The Balaban J connectivity index is 1.65. The summed E-state index contributed by atoms with van der Waals surface area (Å²) in [6.45, 7) is 4.50. The van der Waals surface area contributed by atoms with Gasteiger partial charge in [-0.3, -0.25) is 9.59 Å². The van der Waals surface area contributed by atoms with E-state index in [2.05, 4.69) is 10.6 Å². The smallest absolute Gasteiger partial charge is 0.255 e. The Morgan fingerprint density at radius 1 is 0.938 bits per heavy atom. The van der Waals surface area contributed by atoms with Crippen LogP contribution >= 0.6 is 0 Å². The first kappa shape index (κ1) is 23.9. The number of piperidine rings is 1. The first-order chi connectivity index (χ1) is 15.3. The van der Waals surface area contributed by atoms with Gasteiger partial charge in [-0.1, -0.05) is 20.3 Å². The van der Waals surface area contributed by atoms with Crippen LogP contribution in [0.3, 0.4) is 0 Å². The Bertz CT molecular complexity index is 1030. The fourth-order valence-electron chi connectivity index (χ4n) is 3.90. The van der Waals surface area contributed by atoms with E-state index in [9.17, 15) is 18.0 Å². The predicted molar refractivity (Wildman–Crippen MR) is 126 cm³/mol. The summed E-state index contributed by atoms with van der Waals surface area (Å²) in [6, 6.07) is 13.0. The zero-order valence-electron chi connectivity index (χ0n) is 18.6. The van der Waals surface area contributed by atoms with E-state index in [1.165, 1.54) is 0 Å². The maximum Gasteiger partial charge on any atom is 0.255 e. The average molecular weight is 458 g/mol. The second-order valence-electron chi connectivity index (χ2n) is 8.03. The molecule has 8 heteroatoms. The largest absolute Gasteiger partial charge is 0.326 e. The summed E-state index contributed by atoms with van der Waals surface area (Å²) < 4.78 is 27.8. The molecule has 2 amide bonds. The van der Waals surface area contributed by atoms with Crippen molar-refractivity contribution in [1.29, 1.82) is 0 Å². The molecule has 7 nitrogen and oxygen atoms in total. The van der Waals surface area contributed by atoms with Gasteiger partial charge in [0.25, 0.3) is 5.91 Å². The molecule has 172 valence electrons. The van der Waals surface area contributed by atoms with Crippen LogP contribution in [0.25, 0.3) is 0 Å². The normalized spacial score (nSPS) is 17.0. The van der Waals surface area contributed by atoms with Crippen molar-refractivity contribution in [1.82, 2.24) is 4.31 Å². The summed E-state index contributed by atoms with van der Waals surface area (Å²) in [6.07, 6.45) is 4.85. The Kier molecular flexibility index (Phi) is 8.04. The first-order valence-electron chi connectivity index (χ1n) is 11.2. The van der Waals surface area contributed by atoms with Crippen LogP contribution in [0.4, 0.5) is 11.4 Å². The van der Waals surface area contributed by atoms with Gasteiger partial charge in [0.05, 0.1) is 4.90 Å². The second kappa shape index (κ2) is 10.7. The van der Waals surface area contributed by atoms with Crippen molar-refractivity contribution in [2.75, 3.05) is 17.2 Å². The van der Waals surface area contributed by atoms with Crippen LogP contribution in [-0.2, 0) is 14.8 Å². The van der Waals surface area contributed by atoms with E-state index in [0.29, 0.717) is 29.9 Å². The van der Waals surface area contributed by atoms with Gasteiger partial charge in [-0.05, 0) is 74.2 Å². The number of anilines is 2. The number of hydrogen-bond donors (Lipinski definition) is 2. The SMILES string of the molecule is CCCC(=O)Nc1ccc(C(=O)Nc2ccc(S(=O)(=O)N3CCCCC3CC)cc2)cc1. The molecule has 2 aromatic rings. The highest BCUT2D eigenvalue weighted by molar-refractivity contribution is 7.89. The van der Waals surface area contributed by atoms with Crippen molar-refractivity contribution in [3.05, 3.63) is 54.1 Å². The molecule has 32 heavy (non-hydrogen) atoms. The molecule has 1 unspecified atom stereocenters. The number of hydrogen-bond acceptors (Lipinski definition) is 4. The molecule has 2 aromatic carbocycles. The van der Waals surface area contributed by atoms with E-state index < -0.39 is 10.0 Å². The highest BCUT2D eigenvalue weighted by Crippen LogP contribution is 2.27. The van der Waals surface area contributed by atoms with E-state index in [-0.39, 0.29) is 22.8 Å². The Labute approximate surface area is 190 Å². The quantitative estimate of drug-likeness (QED) is 0.604. The molecular formula is C24H31N3O4S. The first-order valence-corrected chi connectivity index (χ1v) is 12.6. The highest BCUT2D eigenvalue weighted by atomic mass is 32.2. The lowest BCUT2D eigenvalue weighted by Gasteiger charge is -2.34. The van der Waals surface area contributed by atoms with Crippen LogP contribution < -0.4 is 10.6 Å². The zero-order chi connectivity index (χ0) is 23.1. The van der Waals surface area contributed by atoms with Crippen molar-refractivity contribution < 1.29 is 18.0 Å². The van der Waals surface area contributed by atoms with Gasteiger partial charge in [0, 0.05) is 35.9 Å². The van der Waals surface area contributed by atoms with Gasteiger partial charge in [-0.2, -0.15) is 4.31 Å². The average Bonchev–Trinajstić information content (AvgIpc) is 2.80. The van der Waals surface area contributed by atoms with Crippen molar-refractivity contribution in [2.24, 2.45) is 0 Å². The van der Waals surface area contributed by atoms with Gasteiger partial charge in [0.15, 0.2) is 0 Å². The lowest BCUT2D eigenvalue weighted by atomic mass is 10.0. The number of carbonyl (C=O) groups excluding carboxylic acids is 2. The summed E-state index contributed by atoms with van der Waals surface area (Å²) in [5.41, 5.74) is 1.59. The van der Waals surface area contributed by atoms with Crippen LogP contribution in [0.1, 0.15) is 62.7 Å². The summed E-state index contributed by atoms with van der Waals surface area (Å²) in [4.78, 5) is 24.4. The molecule has 0 aromatic heterocycles. The number of nitrogens with one attached hydrogen (secondary N) is 2. The van der Waals surface area contributed by atoms with Gasteiger partial charge in [0.2, 0.25) is 15.9 Å². The molecule has 1 aliphatic rings. The minimum atomic E-state index is -3.55. The van der Waals surface area contributed by atoms with Crippen molar-refractivity contribution in [2.45, 2.75) is 63.3 Å². The molecule has 1 saturated heterocycles. The third kappa shape index (κ3) is 5.75. The number of benzene rings is 2. The highest BCUT2D eigenvalue weighted by Gasteiger charge is 2.32. The Morgan fingerprint density at radius 3 is 2.19 bits per heavy atom. The van der Waals surface area contributed by atoms with Crippen LogP contribution in [0.15, 0.2) is 53.4 Å². The van der Waals surface area contributed by atoms with Crippen molar-refractivity contribution in [3.63, 3.8) is 0 Å². The number of sulfonamides is 1. The molecule has 2 N–H and O–H groups in total. The monoisotopic (exact) mass is 457 g/mol. The van der Waals surface area contributed by atoms with E-state index in [1.54, 1.807) is 52.8 Å². The summed E-state index contributed by atoms with van der Waals surface area (Å²) in [7, 11) is -3.55.